The standard InChI is InChI=1S/C12H17BrN2/c13-11-4-1-3-10(9-11)12(5-2-6-12)15-8-7-14/h1,3-4,9,15H,2,5-8,14H2. The number of nitrogens with one attached hydrogen (secondary N) is 1. The second-order valence-corrected chi connectivity index (χ2v) is 5.08. The van der Waals surface area contributed by atoms with Gasteiger partial charge < -0.3 is 11.1 Å². The molecule has 0 aromatic heterocycles. The zero-order valence-electron chi connectivity index (χ0n) is 8.80. The smallest absolute Gasteiger partial charge is 0.0435 e. The molecule has 1 aliphatic carbocycles. The highest BCUT2D eigenvalue weighted by atomic mass is 79.9. The van der Waals surface area contributed by atoms with Gasteiger partial charge in [0.2, 0.25) is 0 Å². The fourth-order valence-corrected chi connectivity index (χ4v) is 2.59. The minimum Gasteiger partial charge on any atom is -0.329 e. The van der Waals surface area contributed by atoms with E-state index in [0.717, 1.165) is 11.0 Å². The van der Waals surface area contributed by atoms with Gasteiger partial charge in [0.1, 0.15) is 0 Å². The maximum Gasteiger partial charge on any atom is 0.0435 e. The second kappa shape index (κ2) is 4.64. The van der Waals surface area contributed by atoms with Crippen molar-refractivity contribution >= 4 is 15.9 Å². The van der Waals surface area contributed by atoms with E-state index in [1.54, 1.807) is 0 Å². The average Bonchev–Trinajstić information content (AvgIpc) is 2.16. The number of hydrogen-bond donors (Lipinski definition) is 2. The molecule has 1 aliphatic rings. The van der Waals surface area contributed by atoms with Crippen LogP contribution in [0.4, 0.5) is 0 Å². The molecule has 0 unspecified atom stereocenters. The van der Waals surface area contributed by atoms with Gasteiger partial charge in [0.15, 0.2) is 0 Å². The summed E-state index contributed by atoms with van der Waals surface area (Å²) >= 11 is 3.52. The first-order valence-corrected chi connectivity index (χ1v) is 6.27. The predicted octanol–water partition coefficient (Wildman–Crippen LogP) is 2.38. The van der Waals surface area contributed by atoms with E-state index < -0.39 is 0 Å². The second-order valence-electron chi connectivity index (χ2n) is 4.16. The molecule has 0 bridgehead atoms. The molecule has 0 saturated heterocycles. The van der Waals surface area contributed by atoms with Crippen LogP contribution >= 0.6 is 15.9 Å². The van der Waals surface area contributed by atoms with Crippen molar-refractivity contribution in [3.05, 3.63) is 34.3 Å². The van der Waals surface area contributed by atoms with Gasteiger partial charge in [-0.1, -0.05) is 28.1 Å². The van der Waals surface area contributed by atoms with Crippen LogP contribution in [0.3, 0.4) is 0 Å². The largest absolute Gasteiger partial charge is 0.329 e. The summed E-state index contributed by atoms with van der Waals surface area (Å²) in [6, 6.07) is 8.58. The molecule has 0 amide bonds. The van der Waals surface area contributed by atoms with Crippen LogP contribution in [-0.4, -0.2) is 13.1 Å². The quantitative estimate of drug-likeness (QED) is 0.880. The van der Waals surface area contributed by atoms with E-state index in [9.17, 15) is 0 Å². The molecule has 3 N–H and O–H groups in total. The van der Waals surface area contributed by atoms with Crippen molar-refractivity contribution in [2.24, 2.45) is 5.73 Å². The summed E-state index contributed by atoms with van der Waals surface area (Å²) in [5.41, 5.74) is 7.13. The van der Waals surface area contributed by atoms with Gasteiger partial charge in [0.05, 0.1) is 0 Å². The van der Waals surface area contributed by atoms with Gasteiger partial charge in [-0.3, -0.25) is 0 Å². The van der Waals surface area contributed by atoms with Crippen molar-refractivity contribution in [2.45, 2.75) is 24.8 Å². The Bertz CT molecular complexity index is 334. The van der Waals surface area contributed by atoms with Crippen molar-refractivity contribution in [1.29, 1.82) is 0 Å². The first-order valence-electron chi connectivity index (χ1n) is 5.48. The Labute approximate surface area is 99.4 Å². The van der Waals surface area contributed by atoms with Crippen molar-refractivity contribution < 1.29 is 0 Å². The minimum atomic E-state index is 0.198. The van der Waals surface area contributed by atoms with Crippen molar-refractivity contribution in [3.63, 3.8) is 0 Å². The number of rotatable bonds is 4. The van der Waals surface area contributed by atoms with Crippen LogP contribution in [0.25, 0.3) is 0 Å². The van der Waals surface area contributed by atoms with Gasteiger partial charge >= 0.3 is 0 Å². The molecule has 15 heavy (non-hydrogen) atoms. The zero-order valence-corrected chi connectivity index (χ0v) is 10.4. The van der Waals surface area contributed by atoms with Crippen LogP contribution in [-0.2, 0) is 5.54 Å². The number of hydrogen-bond acceptors (Lipinski definition) is 2. The van der Waals surface area contributed by atoms with Crippen LogP contribution in [0.2, 0.25) is 0 Å². The third-order valence-electron chi connectivity index (χ3n) is 3.19. The maximum atomic E-state index is 5.55. The number of benzene rings is 1. The summed E-state index contributed by atoms with van der Waals surface area (Å²) in [7, 11) is 0. The summed E-state index contributed by atoms with van der Waals surface area (Å²) in [6.45, 7) is 1.60. The van der Waals surface area contributed by atoms with Gasteiger partial charge in [-0.2, -0.15) is 0 Å². The molecule has 0 aliphatic heterocycles. The zero-order chi connectivity index (χ0) is 10.7. The molecule has 1 aromatic rings. The highest BCUT2D eigenvalue weighted by Gasteiger charge is 2.37. The monoisotopic (exact) mass is 268 g/mol. The van der Waals surface area contributed by atoms with E-state index >= 15 is 0 Å². The lowest BCUT2D eigenvalue weighted by molar-refractivity contribution is 0.188. The fraction of sp³-hybridized carbons (Fsp3) is 0.500. The fourth-order valence-electron chi connectivity index (χ4n) is 2.20. The topological polar surface area (TPSA) is 38.0 Å². The summed E-state index contributed by atoms with van der Waals surface area (Å²) < 4.78 is 1.15. The Morgan fingerprint density at radius 2 is 2.20 bits per heavy atom. The van der Waals surface area contributed by atoms with Crippen LogP contribution in [0, 0.1) is 0 Å². The van der Waals surface area contributed by atoms with Crippen molar-refractivity contribution in [1.82, 2.24) is 5.32 Å². The Morgan fingerprint density at radius 3 is 2.73 bits per heavy atom. The van der Waals surface area contributed by atoms with E-state index in [-0.39, 0.29) is 5.54 Å². The van der Waals surface area contributed by atoms with E-state index in [1.165, 1.54) is 24.8 Å². The summed E-state index contributed by atoms with van der Waals surface area (Å²) in [5.74, 6) is 0. The first kappa shape index (κ1) is 11.1. The van der Waals surface area contributed by atoms with E-state index in [1.807, 2.05) is 0 Å². The normalized spacial score (nSPS) is 18.5. The molecule has 2 nitrogen and oxygen atoms in total. The molecule has 2 rings (SSSR count). The SMILES string of the molecule is NCCNC1(c2cccc(Br)c2)CCC1. The molecule has 0 radical (unpaired) electrons. The molecule has 1 saturated carbocycles. The lowest BCUT2D eigenvalue weighted by Gasteiger charge is -2.43. The van der Waals surface area contributed by atoms with Crippen LogP contribution < -0.4 is 11.1 Å². The van der Waals surface area contributed by atoms with Crippen molar-refractivity contribution in [3.8, 4) is 0 Å². The number of nitrogens with two attached hydrogens (primary N) is 1. The lowest BCUT2D eigenvalue weighted by atomic mass is 9.72. The summed E-state index contributed by atoms with van der Waals surface area (Å²) in [5, 5.41) is 3.58. The van der Waals surface area contributed by atoms with Gasteiger partial charge in [0, 0.05) is 23.1 Å². The van der Waals surface area contributed by atoms with Gasteiger partial charge in [0.25, 0.3) is 0 Å². The highest BCUT2D eigenvalue weighted by molar-refractivity contribution is 9.10. The Kier molecular flexibility index (Phi) is 3.44. The van der Waals surface area contributed by atoms with E-state index in [2.05, 4.69) is 45.5 Å². The molecule has 3 heteroatoms. The molecule has 0 spiro atoms. The Hall–Kier alpha value is -0.380. The van der Waals surface area contributed by atoms with Gasteiger partial charge in [-0.15, -0.1) is 0 Å². The minimum absolute atomic E-state index is 0.198. The number of halogens is 1. The average molecular weight is 269 g/mol. The van der Waals surface area contributed by atoms with Crippen LogP contribution in [0.5, 0.6) is 0 Å². The summed E-state index contributed by atoms with van der Waals surface area (Å²) in [6.07, 6.45) is 3.76. The predicted molar refractivity (Wildman–Crippen MR) is 66.7 cm³/mol. The lowest BCUT2D eigenvalue weighted by Crippen LogP contribution is -2.49. The molecular formula is C12H17BrN2. The van der Waals surface area contributed by atoms with Crippen molar-refractivity contribution in [2.75, 3.05) is 13.1 Å². The van der Waals surface area contributed by atoms with Crippen LogP contribution in [0.1, 0.15) is 24.8 Å². The molecule has 1 aromatic carbocycles. The molecule has 0 atom stereocenters. The highest BCUT2D eigenvalue weighted by Crippen LogP contribution is 2.41. The van der Waals surface area contributed by atoms with Gasteiger partial charge in [-0.25, -0.2) is 0 Å². The molecule has 0 heterocycles. The third-order valence-corrected chi connectivity index (χ3v) is 3.69. The molecular weight excluding hydrogens is 252 g/mol. The molecule has 82 valence electrons. The van der Waals surface area contributed by atoms with Gasteiger partial charge in [-0.05, 0) is 37.0 Å². The summed E-state index contributed by atoms with van der Waals surface area (Å²) in [4.78, 5) is 0. The van der Waals surface area contributed by atoms with E-state index in [0.29, 0.717) is 6.54 Å². The Morgan fingerprint density at radius 1 is 1.40 bits per heavy atom. The Balaban J connectivity index is 2.18. The van der Waals surface area contributed by atoms with E-state index in [4.69, 9.17) is 5.73 Å². The van der Waals surface area contributed by atoms with Crippen LogP contribution in [0.15, 0.2) is 28.7 Å². The third kappa shape index (κ3) is 2.25. The maximum absolute atomic E-state index is 5.55. The first-order chi connectivity index (χ1) is 7.27. The molecule has 1 fully saturated rings.